The molecule has 17 heavy (non-hydrogen) atoms. The van der Waals surface area contributed by atoms with E-state index < -0.39 is 5.97 Å². The molecule has 1 saturated carbocycles. The molecule has 2 rings (SSSR count). The first-order valence-corrected chi connectivity index (χ1v) is 6.19. The third-order valence-electron chi connectivity index (χ3n) is 3.48. The smallest absolute Gasteiger partial charge is 0.306 e. The third kappa shape index (κ3) is 3.09. The minimum Gasteiger partial charge on any atom is -0.481 e. The van der Waals surface area contributed by atoms with Gasteiger partial charge in [0.1, 0.15) is 5.76 Å². The van der Waals surface area contributed by atoms with Crippen LogP contribution in [0.25, 0.3) is 0 Å². The lowest BCUT2D eigenvalue weighted by molar-refractivity contribution is -0.143. The number of carboxylic acid groups (broad SMARTS) is 1. The Bertz CT molecular complexity index is 361. The van der Waals surface area contributed by atoms with Crippen LogP contribution < -0.4 is 5.32 Å². The van der Waals surface area contributed by atoms with Crippen molar-refractivity contribution >= 4 is 5.97 Å². The lowest BCUT2D eigenvalue weighted by Crippen LogP contribution is -2.37. The van der Waals surface area contributed by atoms with Gasteiger partial charge >= 0.3 is 5.97 Å². The lowest BCUT2D eigenvalue weighted by Gasteiger charge is -2.29. The second kappa shape index (κ2) is 5.36. The molecule has 4 nitrogen and oxygen atoms in total. The van der Waals surface area contributed by atoms with Crippen molar-refractivity contribution in [1.29, 1.82) is 0 Å². The van der Waals surface area contributed by atoms with Crippen molar-refractivity contribution in [3.63, 3.8) is 0 Å². The van der Waals surface area contributed by atoms with Gasteiger partial charge in [-0.15, -0.1) is 0 Å². The first-order valence-electron chi connectivity index (χ1n) is 6.19. The molecule has 1 aliphatic rings. The van der Waals surface area contributed by atoms with Crippen LogP contribution in [0.3, 0.4) is 0 Å². The fourth-order valence-corrected chi connectivity index (χ4v) is 2.54. The summed E-state index contributed by atoms with van der Waals surface area (Å²) in [6.45, 7) is 2.04. The zero-order chi connectivity index (χ0) is 12.3. The molecule has 1 heterocycles. The lowest BCUT2D eigenvalue weighted by atomic mass is 9.85. The van der Waals surface area contributed by atoms with E-state index in [2.05, 4.69) is 5.32 Å². The van der Waals surface area contributed by atoms with Crippen LogP contribution in [0.15, 0.2) is 22.8 Å². The van der Waals surface area contributed by atoms with Crippen LogP contribution in [-0.4, -0.2) is 17.1 Å². The largest absolute Gasteiger partial charge is 0.481 e. The molecule has 0 saturated heterocycles. The summed E-state index contributed by atoms with van der Waals surface area (Å²) >= 11 is 0. The molecule has 0 spiro atoms. The van der Waals surface area contributed by atoms with E-state index in [0.29, 0.717) is 0 Å². The van der Waals surface area contributed by atoms with Crippen molar-refractivity contribution in [2.45, 2.75) is 44.7 Å². The summed E-state index contributed by atoms with van der Waals surface area (Å²) < 4.78 is 5.33. The van der Waals surface area contributed by atoms with E-state index in [4.69, 9.17) is 9.52 Å². The summed E-state index contributed by atoms with van der Waals surface area (Å²) in [5.41, 5.74) is 0. The Morgan fingerprint density at radius 3 is 3.06 bits per heavy atom. The number of aliphatic carboxylic acids is 1. The van der Waals surface area contributed by atoms with E-state index in [0.717, 1.165) is 31.4 Å². The SMILES string of the molecule is C[C@H](NC1CCCC(C(=O)O)C1)c1ccco1. The molecule has 1 aromatic heterocycles. The van der Waals surface area contributed by atoms with E-state index in [1.807, 2.05) is 19.1 Å². The average molecular weight is 237 g/mol. The molecule has 0 amide bonds. The maximum atomic E-state index is 11.0. The Morgan fingerprint density at radius 1 is 1.59 bits per heavy atom. The van der Waals surface area contributed by atoms with Gasteiger partial charge < -0.3 is 14.8 Å². The normalized spacial score (nSPS) is 26.6. The summed E-state index contributed by atoms with van der Waals surface area (Å²) in [7, 11) is 0. The molecule has 2 N–H and O–H groups in total. The van der Waals surface area contributed by atoms with Gasteiger partial charge in [0.2, 0.25) is 0 Å². The molecule has 3 atom stereocenters. The molecule has 0 radical (unpaired) electrons. The molecule has 2 unspecified atom stereocenters. The van der Waals surface area contributed by atoms with Gasteiger partial charge in [-0.2, -0.15) is 0 Å². The van der Waals surface area contributed by atoms with Crippen molar-refractivity contribution in [3.05, 3.63) is 24.2 Å². The van der Waals surface area contributed by atoms with Gasteiger partial charge in [0.25, 0.3) is 0 Å². The van der Waals surface area contributed by atoms with E-state index in [9.17, 15) is 4.79 Å². The Kier molecular flexibility index (Phi) is 3.84. The first-order chi connectivity index (χ1) is 8.16. The topological polar surface area (TPSA) is 62.5 Å². The van der Waals surface area contributed by atoms with Gasteiger partial charge in [-0.3, -0.25) is 4.79 Å². The van der Waals surface area contributed by atoms with Crippen molar-refractivity contribution < 1.29 is 14.3 Å². The highest BCUT2D eigenvalue weighted by Gasteiger charge is 2.27. The standard InChI is InChI=1S/C13H19NO3/c1-9(12-6-3-7-17-12)14-11-5-2-4-10(8-11)13(15)16/h3,6-7,9-11,14H,2,4-5,8H2,1H3,(H,15,16)/t9-,10?,11?/m0/s1. The van der Waals surface area contributed by atoms with Crippen LogP contribution in [0.2, 0.25) is 0 Å². The highest BCUT2D eigenvalue weighted by molar-refractivity contribution is 5.70. The fraction of sp³-hybridized carbons (Fsp3) is 0.615. The molecule has 1 fully saturated rings. The average Bonchev–Trinajstić information content (AvgIpc) is 2.82. The third-order valence-corrected chi connectivity index (χ3v) is 3.48. The van der Waals surface area contributed by atoms with Crippen LogP contribution >= 0.6 is 0 Å². The molecule has 1 aliphatic carbocycles. The molecule has 4 heteroatoms. The number of nitrogens with one attached hydrogen (secondary N) is 1. The number of rotatable bonds is 4. The zero-order valence-corrected chi connectivity index (χ0v) is 10.1. The van der Waals surface area contributed by atoms with Crippen molar-refractivity contribution in [3.8, 4) is 0 Å². The molecule has 0 aliphatic heterocycles. The van der Waals surface area contributed by atoms with Gasteiger partial charge in [0.05, 0.1) is 18.2 Å². The highest BCUT2D eigenvalue weighted by atomic mass is 16.4. The predicted molar refractivity (Wildman–Crippen MR) is 63.6 cm³/mol. The van der Waals surface area contributed by atoms with E-state index in [1.165, 1.54) is 0 Å². The minimum absolute atomic E-state index is 0.141. The van der Waals surface area contributed by atoms with Crippen molar-refractivity contribution in [2.75, 3.05) is 0 Å². The monoisotopic (exact) mass is 237 g/mol. The Morgan fingerprint density at radius 2 is 2.41 bits per heavy atom. The van der Waals surface area contributed by atoms with E-state index >= 15 is 0 Å². The van der Waals surface area contributed by atoms with Crippen molar-refractivity contribution in [2.24, 2.45) is 5.92 Å². The summed E-state index contributed by atoms with van der Waals surface area (Å²) in [4.78, 5) is 11.0. The maximum Gasteiger partial charge on any atom is 0.306 e. The van der Waals surface area contributed by atoms with Gasteiger partial charge in [0, 0.05) is 6.04 Å². The summed E-state index contributed by atoms with van der Waals surface area (Å²) in [5.74, 6) is 0.0506. The van der Waals surface area contributed by atoms with Crippen LogP contribution in [-0.2, 0) is 4.79 Å². The first kappa shape index (κ1) is 12.2. The van der Waals surface area contributed by atoms with Crippen molar-refractivity contribution in [1.82, 2.24) is 5.32 Å². The van der Waals surface area contributed by atoms with Gasteiger partial charge in [-0.05, 0) is 38.3 Å². The molecule has 1 aromatic rings. The molecule has 0 bridgehead atoms. The van der Waals surface area contributed by atoms with Gasteiger partial charge in [0.15, 0.2) is 0 Å². The van der Waals surface area contributed by atoms with Gasteiger partial charge in [-0.1, -0.05) is 6.42 Å². The molecule has 0 aromatic carbocycles. The number of furan rings is 1. The highest BCUT2D eigenvalue weighted by Crippen LogP contribution is 2.26. The minimum atomic E-state index is -0.665. The molecular formula is C13H19NO3. The number of carbonyl (C=O) groups is 1. The summed E-state index contributed by atoms with van der Waals surface area (Å²) in [6.07, 6.45) is 5.23. The Balaban J connectivity index is 1.88. The second-order valence-corrected chi connectivity index (χ2v) is 4.80. The zero-order valence-electron chi connectivity index (χ0n) is 10.1. The van der Waals surface area contributed by atoms with Crippen LogP contribution in [0.5, 0.6) is 0 Å². The number of carboxylic acids is 1. The van der Waals surface area contributed by atoms with Crippen LogP contribution in [0.1, 0.15) is 44.4 Å². The second-order valence-electron chi connectivity index (χ2n) is 4.80. The Hall–Kier alpha value is -1.29. The predicted octanol–water partition coefficient (Wildman–Crippen LogP) is 2.57. The quantitative estimate of drug-likeness (QED) is 0.844. The fourth-order valence-electron chi connectivity index (χ4n) is 2.54. The molecule has 94 valence electrons. The number of hydrogen-bond acceptors (Lipinski definition) is 3. The van der Waals surface area contributed by atoms with E-state index in [-0.39, 0.29) is 18.0 Å². The Labute approximate surface area is 101 Å². The molecular weight excluding hydrogens is 218 g/mol. The number of hydrogen-bond donors (Lipinski definition) is 2. The maximum absolute atomic E-state index is 11.0. The van der Waals surface area contributed by atoms with E-state index in [1.54, 1.807) is 6.26 Å². The van der Waals surface area contributed by atoms with Crippen LogP contribution in [0.4, 0.5) is 0 Å². The van der Waals surface area contributed by atoms with Gasteiger partial charge in [-0.25, -0.2) is 0 Å². The summed E-state index contributed by atoms with van der Waals surface area (Å²) in [6, 6.07) is 4.23. The van der Waals surface area contributed by atoms with Crippen LogP contribution in [0, 0.1) is 5.92 Å². The summed E-state index contributed by atoms with van der Waals surface area (Å²) in [5, 5.41) is 12.5.